The molecule has 3 nitrogen and oxygen atoms in total. The van der Waals surface area contributed by atoms with Crippen LogP contribution >= 0.6 is 0 Å². The third-order valence-electron chi connectivity index (χ3n) is 2.42. The van der Waals surface area contributed by atoms with Crippen LogP contribution in [0.4, 0.5) is 0 Å². The van der Waals surface area contributed by atoms with Crippen molar-refractivity contribution in [3.8, 4) is 0 Å². The van der Waals surface area contributed by atoms with E-state index >= 15 is 0 Å². The van der Waals surface area contributed by atoms with Gasteiger partial charge in [0.15, 0.2) is 0 Å². The van der Waals surface area contributed by atoms with Gasteiger partial charge in [-0.2, -0.15) is 0 Å². The van der Waals surface area contributed by atoms with E-state index < -0.39 is 0 Å². The summed E-state index contributed by atoms with van der Waals surface area (Å²) < 4.78 is 4.74. The van der Waals surface area contributed by atoms with Crippen molar-refractivity contribution in [2.45, 2.75) is 39.7 Å². The molecule has 0 aliphatic carbocycles. The molecule has 0 aliphatic heterocycles. The van der Waals surface area contributed by atoms with Crippen LogP contribution in [-0.4, -0.2) is 25.7 Å². The molecule has 0 fully saturated rings. The largest absolute Gasteiger partial charge is 0.375 e. The van der Waals surface area contributed by atoms with Crippen LogP contribution in [0, 0.1) is 5.92 Å². The molecular weight excluding hydrogens is 166 g/mol. The van der Waals surface area contributed by atoms with Gasteiger partial charge in [-0.15, -0.1) is 0 Å². The molecule has 1 N–H and O–H groups in total. The number of hydrogen-bond donors (Lipinski definition) is 1. The Morgan fingerprint density at radius 2 is 1.92 bits per heavy atom. The van der Waals surface area contributed by atoms with Gasteiger partial charge in [0.1, 0.15) is 6.61 Å². The van der Waals surface area contributed by atoms with Crippen LogP contribution in [-0.2, 0) is 9.53 Å². The molecule has 78 valence electrons. The second kappa shape index (κ2) is 6.89. The van der Waals surface area contributed by atoms with Crippen molar-refractivity contribution in [3.63, 3.8) is 0 Å². The lowest BCUT2D eigenvalue weighted by atomic mass is 9.95. The normalized spacial score (nSPS) is 13.0. The summed E-state index contributed by atoms with van der Waals surface area (Å²) in [4.78, 5) is 11.2. The van der Waals surface area contributed by atoms with Gasteiger partial charge in [0.05, 0.1) is 0 Å². The fraction of sp³-hybridized carbons (Fsp3) is 0.900. The summed E-state index contributed by atoms with van der Waals surface area (Å²) in [6.45, 7) is 6.50. The lowest BCUT2D eigenvalue weighted by Crippen LogP contribution is -2.39. The highest BCUT2D eigenvalue weighted by Crippen LogP contribution is 2.12. The second-order valence-corrected chi connectivity index (χ2v) is 3.37. The fourth-order valence-corrected chi connectivity index (χ4v) is 1.54. The number of amides is 1. The molecule has 0 saturated heterocycles. The molecule has 0 aromatic heterocycles. The average molecular weight is 187 g/mol. The van der Waals surface area contributed by atoms with Crippen LogP contribution in [0.25, 0.3) is 0 Å². The quantitative estimate of drug-likeness (QED) is 0.685. The van der Waals surface area contributed by atoms with E-state index in [0.29, 0.717) is 5.92 Å². The molecule has 13 heavy (non-hydrogen) atoms. The standard InChI is InChI=1S/C10H21NO2/c1-5-9(6-2)8(3)11-10(12)7-13-4/h8-9H,5-7H2,1-4H3,(H,11,12). The van der Waals surface area contributed by atoms with E-state index in [1.54, 1.807) is 0 Å². The highest BCUT2D eigenvalue weighted by Gasteiger charge is 2.14. The molecule has 0 aromatic rings. The van der Waals surface area contributed by atoms with Gasteiger partial charge in [-0.05, 0) is 12.8 Å². The molecule has 0 heterocycles. The minimum absolute atomic E-state index is 0.0260. The van der Waals surface area contributed by atoms with Gasteiger partial charge in [-0.3, -0.25) is 4.79 Å². The fourth-order valence-electron chi connectivity index (χ4n) is 1.54. The number of carbonyl (C=O) groups excluding carboxylic acids is 1. The number of hydrogen-bond acceptors (Lipinski definition) is 2. The number of nitrogens with one attached hydrogen (secondary N) is 1. The van der Waals surface area contributed by atoms with Crippen LogP contribution in [0.15, 0.2) is 0 Å². The van der Waals surface area contributed by atoms with Gasteiger partial charge in [0.25, 0.3) is 0 Å². The first-order chi connectivity index (χ1) is 6.15. The van der Waals surface area contributed by atoms with Crippen molar-refractivity contribution < 1.29 is 9.53 Å². The molecule has 1 unspecified atom stereocenters. The Kier molecular flexibility index (Phi) is 6.59. The minimum atomic E-state index is -0.0260. The molecule has 0 spiro atoms. The Hall–Kier alpha value is -0.570. The molecule has 0 aromatic carbocycles. The molecule has 1 amide bonds. The molecule has 0 aliphatic rings. The van der Waals surface area contributed by atoms with E-state index in [-0.39, 0.29) is 18.6 Å². The maximum Gasteiger partial charge on any atom is 0.246 e. The van der Waals surface area contributed by atoms with Gasteiger partial charge in [-0.25, -0.2) is 0 Å². The third-order valence-corrected chi connectivity index (χ3v) is 2.42. The smallest absolute Gasteiger partial charge is 0.246 e. The molecule has 0 radical (unpaired) electrons. The zero-order valence-corrected chi connectivity index (χ0v) is 9.09. The first kappa shape index (κ1) is 12.4. The summed E-state index contributed by atoms with van der Waals surface area (Å²) >= 11 is 0. The third kappa shape index (κ3) is 4.88. The summed E-state index contributed by atoms with van der Waals surface area (Å²) in [5, 5.41) is 2.92. The maximum absolute atomic E-state index is 11.2. The monoisotopic (exact) mass is 187 g/mol. The molecule has 0 saturated carbocycles. The zero-order chi connectivity index (χ0) is 10.3. The first-order valence-corrected chi connectivity index (χ1v) is 4.93. The van der Waals surface area contributed by atoms with Gasteiger partial charge in [0.2, 0.25) is 5.91 Å². The Labute approximate surface area is 80.8 Å². The maximum atomic E-state index is 11.2. The zero-order valence-electron chi connectivity index (χ0n) is 9.09. The van der Waals surface area contributed by atoms with Gasteiger partial charge < -0.3 is 10.1 Å². The molecule has 0 bridgehead atoms. The highest BCUT2D eigenvalue weighted by molar-refractivity contribution is 5.77. The van der Waals surface area contributed by atoms with Crippen LogP contribution < -0.4 is 5.32 Å². The molecule has 1 atom stereocenters. The van der Waals surface area contributed by atoms with E-state index in [9.17, 15) is 4.79 Å². The van der Waals surface area contributed by atoms with Gasteiger partial charge >= 0.3 is 0 Å². The van der Waals surface area contributed by atoms with Gasteiger partial charge in [-0.1, -0.05) is 26.7 Å². The van der Waals surface area contributed by atoms with Crippen molar-refractivity contribution in [2.75, 3.05) is 13.7 Å². The highest BCUT2D eigenvalue weighted by atomic mass is 16.5. The van der Waals surface area contributed by atoms with Crippen LogP contribution in [0.2, 0.25) is 0 Å². The second-order valence-electron chi connectivity index (χ2n) is 3.37. The summed E-state index contributed by atoms with van der Waals surface area (Å²) in [6, 6.07) is 0.248. The topological polar surface area (TPSA) is 38.3 Å². The van der Waals surface area contributed by atoms with Gasteiger partial charge in [0, 0.05) is 13.2 Å². The Bertz CT molecular complexity index is 144. The Balaban J connectivity index is 3.82. The van der Waals surface area contributed by atoms with E-state index in [4.69, 9.17) is 4.74 Å². The van der Waals surface area contributed by atoms with Crippen molar-refractivity contribution in [1.29, 1.82) is 0 Å². The molecule has 3 heteroatoms. The summed E-state index contributed by atoms with van der Waals surface area (Å²) in [5.41, 5.74) is 0. The van der Waals surface area contributed by atoms with Crippen LogP contribution in [0.3, 0.4) is 0 Å². The van der Waals surface area contributed by atoms with Crippen LogP contribution in [0.1, 0.15) is 33.6 Å². The number of rotatable bonds is 6. The number of ether oxygens (including phenoxy) is 1. The molecular formula is C10H21NO2. The number of methoxy groups -OCH3 is 1. The van der Waals surface area contributed by atoms with Crippen LogP contribution in [0.5, 0.6) is 0 Å². The average Bonchev–Trinajstić information content (AvgIpc) is 2.06. The van der Waals surface area contributed by atoms with Crippen molar-refractivity contribution >= 4 is 5.91 Å². The number of carbonyl (C=O) groups is 1. The SMILES string of the molecule is CCC(CC)C(C)NC(=O)COC. The summed E-state index contributed by atoms with van der Waals surface area (Å²) in [5.74, 6) is 0.544. The Morgan fingerprint density at radius 3 is 2.31 bits per heavy atom. The van der Waals surface area contributed by atoms with Crippen molar-refractivity contribution in [2.24, 2.45) is 5.92 Å². The lowest BCUT2D eigenvalue weighted by Gasteiger charge is -2.22. The Morgan fingerprint density at radius 1 is 1.38 bits per heavy atom. The lowest BCUT2D eigenvalue weighted by molar-refractivity contribution is -0.125. The predicted octanol–water partition coefficient (Wildman–Crippen LogP) is 1.57. The summed E-state index contributed by atoms with van der Waals surface area (Å²) in [6.07, 6.45) is 2.20. The van der Waals surface area contributed by atoms with Crippen molar-refractivity contribution in [3.05, 3.63) is 0 Å². The van der Waals surface area contributed by atoms with E-state index in [0.717, 1.165) is 12.8 Å². The predicted molar refractivity (Wildman–Crippen MR) is 53.6 cm³/mol. The molecule has 0 rings (SSSR count). The van der Waals surface area contributed by atoms with E-state index in [1.165, 1.54) is 7.11 Å². The van der Waals surface area contributed by atoms with E-state index in [1.807, 2.05) is 6.92 Å². The summed E-state index contributed by atoms with van der Waals surface area (Å²) in [7, 11) is 1.53. The van der Waals surface area contributed by atoms with Crippen molar-refractivity contribution in [1.82, 2.24) is 5.32 Å². The first-order valence-electron chi connectivity index (χ1n) is 4.93. The minimum Gasteiger partial charge on any atom is -0.375 e. The van der Waals surface area contributed by atoms with E-state index in [2.05, 4.69) is 19.2 Å².